The van der Waals surface area contributed by atoms with Gasteiger partial charge in [0.1, 0.15) is 0 Å². The van der Waals surface area contributed by atoms with Crippen LogP contribution in [0.4, 0.5) is 4.39 Å². The molecule has 0 aliphatic heterocycles. The molecule has 0 unspecified atom stereocenters. The lowest BCUT2D eigenvalue weighted by Crippen LogP contribution is -2.12. The monoisotopic (exact) mass is 275 g/mol. The van der Waals surface area contributed by atoms with Crippen LogP contribution in [0.5, 0.6) is 17.2 Å². The van der Waals surface area contributed by atoms with Crippen molar-refractivity contribution >= 4 is 0 Å². The Morgan fingerprint density at radius 3 is 2.50 bits per heavy atom. The average Bonchev–Trinajstić information content (AvgIpc) is 2.48. The average molecular weight is 275 g/mol. The molecule has 0 heterocycles. The van der Waals surface area contributed by atoms with E-state index >= 15 is 0 Å². The second kappa shape index (κ2) is 6.91. The van der Waals surface area contributed by atoms with Crippen LogP contribution in [-0.2, 0) is 6.54 Å². The summed E-state index contributed by atoms with van der Waals surface area (Å²) in [4.78, 5) is 0. The molecule has 0 bridgehead atoms. The number of para-hydroxylation sites is 3. The highest BCUT2D eigenvalue weighted by atomic mass is 19.1. The van der Waals surface area contributed by atoms with Crippen LogP contribution in [0.15, 0.2) is 42.5 Å². The number of benzene rings is 2. The molecule has 0 radical (unpaired) electrons. The molecule has 0 saturated carbocycles. The molecule has 2 aromatic carbocycles. The summed E-state index contributed by atoms with van der Waals surface area (Å²) in [5.41, 5.74) is 0.776. The van der Waals surface area contributed by atoms with Gasteiger partial charge in [0.25, 0.3) is 0 Å². The minimum absolute atomic E-state index is 0.234. The van der Waals surface area contributed by atoms with Crippen molar-refractivity contribution in [2.75, 3.05) is 13.7 Å². The highest BCUT2D eigenvalue weighted by Crippen LogP contribution is 2.34. The first kappa shape index (κ1) is 14.3. The maximum atomic E-state index is 14.0. The van der Waals surface area contributed by atoms with Gasteiger partial charge in [-0.05, 0) is 24.7 Å². The zero-order chi connectivity index (χ0) is 14.4. The van der Waals surface area contributed by atoms with Crippen LogP contribution >= 0.6 is 0 Å². The lowest BCUT2D eigenvalue weighted by atomic mass is 10.2. The predicted octanol–water partition coefficient (Wildman–Crippen LogP) is 3.74. The third kappa shape index (κ3) is 3.27. The standard InChI is InChI=1S/C16H18FNO2/c1-3-18-11-12-7-6-8-13(17)16(12)20-15-10-5-4-9-14(15)19-2/h4-10,18H,3,11H2,1-2H3. The van der Waals surface area contributed by atoms with Crippen LogP contribution in [-0.4, -0.2) is 13.7 Å². The van der Waals surface area contributed by atoms with Crippen molar-refractivity contribution in [3.63, 3.8) is 0 Å². The Morgan fingerprint density at radius 2 is 1.80 bits per heavy atom. The zero-order valence-corrected chi connectivity index (χ0v) is 11.7. The summed E-state index contributed by atoms with van der Waals surface area (Å²) in [6.07, 6.45) is 0. The summed E-state index contributed by atoms with van der Waals surface area (Å²) in [5.74, 6) is 0.923. The molecule has 0 amide bonds. The molecule has 0 saturated heterocycles. The van der Waals surface area contributed by atoms with Crippen LogP contribution in [0.3, 0.4) is 0 Å². The van der Waals surface area contributed by atoms with Gasteiger partial charge in [0.2, 0.25) is 0 Å². The highest BCUT2D eigenvalue weighted by Gasteiger charge is 2.13. The fraction of sp³-hybridized carbons (Fsp3) is 0.250. The lowest BCUT2D eigenvalue weighted by molar-refractivity contribution is 0.368. The number of methoxy groups -OCH3 is 1. The van der Waals surface area contributed by atoms with Crippen molar-refractivity contribution in [2.24, 2.45) is 0 Å². The molecule has 0 spiro atoms. The van der Waals surface area contributed by atoms with Crippen molar-refractivity contribution in [1.29, 1.82) is 0 Å². The van der Waals surface area contributed by atoms with E-state index in [0.717, 1.165) is 12.1 Å². The van der Waals surface area contributed by atoms with Gasteiger partial charge in [0, 0.05) is 12.1 Å². The smallest absolute Gasteiger partial charge is 0.169 e. The Labute approximate surface area is 118 Å². The van der Waals surface area contributed by atoms with E-state index in [0.29, 0.717) is 18.0 Å². The summed E-state index contributed by atoms with van der Waals surface area (Å²) in [5, 5.41) is 3.17. The van der Waals surface area contributed by atoms with Crippen molar-refractivity contribution in [3.8, 4) is 17.2 Å². The summed E-state index contributed by atoms with van der Waals surface area (Å²) in [7, 11) is 1.56. The number of nitrogens with one attached hydrogen (secondary N) is 1. The molecule has 20 heavy (non-hydrogen) atoms. The van der Waals surface area contributed by atoms with Gasteiger partial charge in [-0.15, -0.1) is 0 Å². The first-order valence-electron chi connectivity index (χ1n) is 6.55. The fourth-order valence-electron chi connectivity index (χ4n) is 1.88. The molecule has 0 aromatic heterocycles. The van der Waals surface area contributed by atoms with E-state index in [1.54, 1.807) is 25.3 Å². The normalized spacial score (nSPS) is 10.3. The van der Waals surface area contributed by atoms with Crippen LogP contribution in [0.2, 0.25) is 0 Å². The maximum absolute atomic E-state index is 14.0. The van der Waals surface area contributed by atoms with Crippen LogP contribution in [0.25, 0.3) is 0 Å². The van der Waals surface area contributed by atoms with Crippen molar-refractivity contribution in [2.45, 2.75) is 13.5 Å². The van der Waals surface area contributed by atoms with Gasteiger partial charge in [-0.3, -0.25) is 0 Å². The van der Waals surface area contributed by atoms with Gasteiger partial charge in [0.15, 0.2) is 23.1 Å². The van der Waals surface area contributed by atoms with Gasteiger partial charge < -0.3 is 14.8 Å². The molecular weight excluding hydrogens is 257 g/mol. The van der Waals surface area contributed by atoms with Crippen LogP contribution in [0.1, 0.15) is 12.5 Å². The largest absolute Gasteiger partial charge is 0.493 e. The van der Waals surface area contributed by atoms with Crippen LogP contribution < -0.4 is 14.8 Å². The first-order chi connectivity index (χ1) is 9.76. The molecule has 3 nitrogen and oxygen atoms in total. The summed E-state index contributed by atoms with van der Waals surface area (Å²) >= 11 is 0. The van der Waals surface area contributed by atoms with E-state index < -0.39 is 0 Å². The molecule has 0 aliphatic carbocycles. The number of hydrogen-bond donors (Lipinski definition) is 1. The van der Waals surface area contributed by atoms with Crippen molar-refractivity contribution in [1.82, 2.24) is 5.32 Å². The van der Waals surface area contributed by atoms with Gasteiger partial charge in [0.05, 0.1) is 7.11 Å². The van der Waals surface area contributed by atoms with E-state index in [1.165, 1.54) is 6.07 Å². The van der Waals surface area contributed by atoms with E-state index in [9.17, 15) is 4.39 Å². The zero-order valence-electron chi connectivity index (χ0n) is 11.7. The second-order valence-electron chi connectivity index (χ2n) is 4.26. The second-order valence-corrected chi connectivity index (χ2v) is 4.26. The van der Waals surface area contributed by atoms with E-state index in [1.807, 2.05) is 25.1 Å². The highest BCUT2D eigenvalue weighted by molar-refractivity contribution is 5.45. The Kier molecular flexibility index (Phi) is 4.96. The Balaban J connectivity index is 2.32. The molecule has 1 N–H and O–H groups in total. The summed E-state index contributed by atoms with van der Waals surface area (Å²) < 4.78 is 24.9. The quantitative estimate of drug-likeness (QED) is 0.871. The lowest BCUT2D eigenvalue weighted by Gasteiger charge is -2.14. The number of hydrogen-bond acceptors (Lipinski definition) is 3. The van der Waals surface area contributed by atoms with Gasteiger partial charge in [-0.2, -0.15) is 0 Å². The third-order valence-electron chi connectivity index (χ3n) is 2.90. The van der Waals surface area contributed by atoms with Gasteiger partial charge in [-0.1, -0.05) is 31.2 Å². The number of halogens is 1. The molecule has 0 aliphatic rings. The van der Waals surface area contributed by atoms with Gasteiger partial charge in [-0.25, -0.2) is 4.39 Å². The van der Waals surface area contributed by atoms with Crippen molar-refractivity contribution < 1.29 is 13.9 Å². The predicted molar refractivity (Wildman–Crippen MR) is 76.8 cm³/mol. The Hall–Kier alpha value is -2.07. The van der Waals surface area contributed by atoms with Crippen LogP contribution in [0, 0.1) is 5.82 Å². The minimum atomic E-state index is -0.383. The summed E-state index contributed by atoms with van der Waals surface area (Å²) in [6.45, 7) is 3.36. The topological polar surface area (TPSA) is 30.5 Å². The Bertz CT molecular complexity index is 572. The molecule has 2 rings (SSSR count). The maximum Gasteiger partial charge on any atom is 0.169 e. The minimum Gasteiger partial charge on any atom is -0.493 e. The van der Waals surface area contributed by atoms with E-state index in [-0.39, 0.29) is 11.6 Å². The molecule has 4 heteroatoms. The molecular formula is C16H18FNO2. The van der Waals surface area contributed by atoms with Gasteiger partial charge >= 0.3 is 0 Å². The molecule has 0 fully saturated rings. The molecule has 2 aromatic rings. The summed E-state index contributed by atoms with van der Waals surface area (Å²) in [6, 6.07) is 12.1. The fourth-order valence-corrected chi connectivity index (χ4v) is 1.88. The number of ether oxygens (including phenoxy) is 2. The first-order valence-corrected chi connectivity index (χ1v) is 6.55. The van der Waals surface area contributed by atoms with E-state index in [2.05, 4.69) is 5.32 Å². The number of rotatable bonds is 6. The Morgan fingerprint density at radius 1 is 1.05 bits per heavy atom. The van der Waals surface area contributed by atoms with Crippen molar-refractivity contribution in [3.05, 3.63) is 53.8 Å². The molecule has 0 atom stereocenters. The van der Waals surface area contributed by atoms with E-state index in [4.69, 9.17) is 9.47 Å². The third-order valence-corrected chi connectivity index (χ3v) is 2.90. The molecule has 106 valence electrons. The SMILES string of the molecule is CCNCc1cccc(F)c1Oc1ccccc1OC.